The molecule has 0 amide bonds. The maximum atomic E-state index is 5.89. The summed E-state index contributed by atoms with van der Waals surface area (Å²) in [4.78, 5) is 0. The Kier molecular flexibility index (Phi) is 7.38. The lowest BCUT2D eigenvalue weighted by Gasteiger charge is -2.03. The molecule has 112 valence electrons. The van der Waals surface area contributed by atoms with E-state index in [1.54, 1.807) is 0 Å². The molecular formula is C20H25Cl. The SMILES string of the molecule is Clc1ccc(CCCCCCCCc2ccccc2)cc1. The molecule has 1 heteroatoms. The number of halogens is 1. The van der Waals surface area contributed by atoms with Gasteiger partial charge in [0.2, 0.25) is 0 Å². The highest BCUT2D eigenvalue weighted by Gasteiger charge is 1.96. The van der Waals surface area contributed by atoms with Crippen molar-refractivity contribution in [2.24, 2.45) is 0 Å². The smallest absolute Gasteiger partial charge is 0.0406 e. The Morgan fingerprint density at radius 3 is 1.57 bits per heavy atom. The van der Waals surface area contributed by atoms with Crippen molar-refractivity contribution >= 4 is 11.6 Å². The summed E-state index contributed by atoms with van der Waals surface area (Å²) in [6.45, 7) is 0. The first-order chi connectivity index (χ1) is 10.3. The third-order valence-corrected chi connectivity index (χ3v) is 4.19. The number of unbranched alkanes of at least 4 members (excludes halogenated alkanes) is 5. The van der Waals surface area contributed by atoms with Gasteiger partial charge in [-0.25, -0.2) is 0 Å². The summed E-state index contributed by atoms with van der Waals surface area (Å²) in [5.74, 6) is 0. The standard InChI is InChI=1S/C20H25Cl/c21-20-16-14-19(15-17-20)13-7-4-2-1-3-6-10-18-11-8-5-9-12-18/h5,8-9,11-12,14-17H,1-4,6-7,10,13H2. The average Bonchev–Trinajstić information content (AvgIpc) is 2.53. The fourth-order valence-electron chi connectivity index (χ4n) is 2.66. The highest BCUT2D eigenvalue weighted by molar-refractivity contribution is 6.30. The van der Waals surface area contributed by atoms with Crippen LogP contribution in [0.3, 0.4) is 0 Å². The highest BCUT2D eigenvalue weighted by atomic mass is 35.5. The van der Waals surface area contributed by atoms with Gasteiger partial charge < -0.3 is 0 Å². The van der Waals surface area contributed by atoms with Crippen molar-refractivity contribution < 1.29 is 0 Å². The van der Waals surface area contributed by atoms with Gasteiger partial charge in [-0.05, 0) is 48.9 Å². The zero-order chi connectivity index (χ0) is 14.8. The number of hydrogen-bond acceptors (Lipinski definition) is 0. The van der Waals surface area contributed by atoms with Gasteiger partial charge in [-0.3, -0.25) is 0 Å². The van der Waals surface area contributed by atoms with Crippen LogP contribution in [0.15, 0.2) is 54.6 Å². The summed E-state index contributed by atoms with van der Waals surface area (Å²) < 4.78 is 0. The van der Waals surface area contributed by atoms with Crippen molar-refractivity contribution in [2.75, 3.05) is 0 Å². The quantitative estimate of drug-likeness (QED) is 0.466. The molecule has 0 saturated heterocycles. The molecule has 0 unspecified atom stereocenters. The summed E-state index contributed by atoms with van der Waals surface area (Å²) in [6.07, 6.45) is 10.5. The lowest BCUT2D eigenvalue weighted by atomic mass is 10.0. The number of aryl methyl sites for hydroxylation is 2. The average molecular weight is 301 g/mol. The molecule has 0 aliphatic carbocycles. The largest absolute Gasteiger partial charge is 0.0843 e. The molecule has 0 aliphatic heterocycles. The summed E-state index contributed by atoms with van der Waals surface area (Å²) in [5.41, 5.74) is 2.88. The maximum absolute atomic E-state index is 5.89. The van der Waals surface area contributed by atoms with Crippen molar-refractivity contribution in [3.63, 3.8) is 0 Å². The van der Waals surface area contributed by atoms with E-state index in [-0.39, 0.29) is 0 Å². The predicted octanol–water partition coefficient (Wildman–Crippen LogP) is 6.47. The molecular weight excluding hydrogens is 276 g/mol. The van der Waals surface area contributed by atoms with E-state index >= 15 is 0 Å². The molecule has 2 aromatic carbocycles. The predicted molar refractivity (Wildman–Crippen MR) is 93.0 cm³/mol. The maximum Gasteiger partial charge on any atom is 0.0406 e. The van der Waals surface area contributed by atoms with Crippen molar-refractivity contribution in [1.82, 2.24) is 0 Å². The van der Waals surface area contributed by atoms with E-state index in [1.807, 2.05) is 12.1 Å². The van der Waals surface area contributed by atoms with Crippen LogP contribution in [0, 0.1) is 0 Å². The second kappa shape index (κ2) is 9.63. The minimum atomic E-state index is 0.831. The Morgan fingerprint density at radius 2 is 1.00 bits per heavy atom. The zero-order valence-electron chi connectivity index (χ0n) is 12.7. The molecule has 0 atom stereocenters. The minimum absolute atomic E-state index is 0.831. The van der Waals surface area contributed by atoms with Crippen LogP contribution in [-0.4, -0.2) is 0 Å². The Morgan fingerprint density at radius 1 is 0.524 bits per heavy atom. The highest BCUT2D eigenvalue weighted by Crippen LogP contribution is 2.14. The van der Waals surface area contributed by atoms with E-state index in [0.29, 0.717) is 0 Å². The molecule has 0 bridgehead atoms. The van der Waals surface area contributed by atoms with E-state index in [2.05, 4.69) is 42.5 Å². The van der Waals surface area contributed by atoms with Crippen LogP contribution in [0.2, 0.25) is 5.02 Å². The van der Waals surface area contributed by atoms with Gasteiger partial charge in [0.15, 0.2) is 0 Å². The van der Waals surface area contributed by atoms with Gasteiger partial charge in [-0.15, -0.1) is 0 Å². The van der Waals surface area contributed by atoms with Crippen molar-refractivity contribution in [2.45, 2.75) is 51.4 Å². The molecule has 2 rings (SSSR count). The minimum Gasteiger partial charge on any atom is -0.0843 e. The summed E-state index contributed by atoms with van der Waals surface area (Å²) in [7, 11) is 0. The van der Waals surface area contributed by atoms with E-state index in [0.717, 1.165) is 5.02 Å². The zero-order valence-corrected chi connectivity index (χ0v) is 13.5. The molecule has 0 N–H and O–H groups in total. The first-order valence-corrected chi connectivity index (χ1v) is 8.51. The Balaban J connectivity index is 1.46. The van der Waals surface area contributed by atoms with E-state index < -0.39 is 0 Å². The van der Waals surface area contributed by atoms with Gasteiger partial charge in [0, 0.05) is 5.02 Å². The van der Waals surface area contributed by atoms with Gasteiger partial charge in [-0.1, -0.05) is 79.7 Å². The number of hydrogen-bond donors (Lipinski definition) is 0. The fourth-order valence-corrected chi connectivity index (χ4v) is 2.79. The van der Waals surface area contributed by atoms with Gasteiger partial charge in [0.05, 0.1) is 0 Å². The van der Waals surface area contributed by atoms with Crippen LogP contribution in [0.1, 0.15) is 49.7 Å². The lowest BCUT2D eigenvalue weighted by molar-refractivity contribution is 0.594. The van der Waals surface area contributed by atoms with E-state index in [9.17, 15) is 0 Å². The fraction of sp³-hybridized carbons (Fsp3) is 0.400. The first-order valence-electron chi connectivity index (χ1n) is 8.13. The second-order valence-corrected chi connectivity index (χ2v) is 6.17. The molecule has 0 fully saturated rings. The summed E-state index contributed by atoms with van der Waals surface area (Å²) >= 11 is 5.89. The van der Waals surface area contributed by atoms with Gasteiger partial charge in [-0.2, -0.15) is 0 Å². The molecule has 21 heavy (non-hydrogen) atoms. The summed E-state index contributed by atoms with van der Waals surface area (Å²) in [5, 5.41) is 0.831. The first kappa shape index (κ1) is 16.1. The second-order valence-electron chi connectivity index (χ2n) is 5.73. The molecule has 0 nitrogen and oxygen atoms in total. The Hall–Kier alpha value is -1.27. The molecule has 0 aromatic heterocycles. The molecule has 0 aliphatic rings. The molecule has 0 heterocycles. The van der Waals surface area contributed by atoms with Crippen LogP contribution in [-0.2, 0) is 12.8 Å². The molecule has 2 aromatic rings. The third-order valence-electron chi connectivity index (χ3n) is 3.94. The Labute approximate surface area is 134 Å². The summed E-state index contributed by atoms with van der Waals surface area (Å²) in [6, 6.07) is 19.1. The van der Waals surface area contributed by atoms with Crippen molar-refractivity contribution in [1.29, 1.82) is 0 Å². The van der Waals surface area contributed by atoms with Crippen LogP contribution in [0.5, 0.6) is 0 Å². The van der Waals surface area contributed by atoms with Gasteiger partial charge in [0.1, 0.15) is 0 Å². The van der Waals surface area contributed by atoms with E-state index in [4.69, 9.17) is 11.6 Å². The van der Waals surface area contributed by atoms with Gasteiger partial charge >= 0.3 is 0 Å². The van der Waals surface area contributed by atoms with E-state index in [1.165, 1.54) is 62.5 Å². The number of rotatable bonds is 9. The molecule has 0 saturated carbocycles. The van der Waals surface area contributed by atoms with Crippen LogP contribution >= 0.6 is 11.6 Å². The number of benzene rings is 2. The molecule has 0 spiro atoms. The van der Waals surface area contributed by atoms with Crippen molar-refractivity contribution in [3.05, 3.63) is 70.7 Å². The normalized spacial score (nSPS) is 10.7. The van der Waals surface area contributed by atoms with Crippen LogP contribution < -0.4 is 0 Å². The van der Waals surface area contributed by atoms with Crippen LogP contribution in [0.4, 0.5) is 0 Å². The lowest BCUT2D eigenvalue weighted by Crippen LogP contribution is -1.87. The van der Waals surface area contributed by atoms with Crippen molar-refractivity contribution in [3.8, 4) is 0 Å². The van der Waals surface area contributed by atoms with Crippen LogP contribution in [0.25, 0.3) is 0 Å². The topological polar surface area (TPSA) is 0 Å². The monoisotopic (exact) mass is 300 g/mol. The van der Waals surface area contributed by atoms with Gasteiger partial charge in [0.25, 0.3) is 0 Å². The third kappa shape index (κ3) is 6.82. The Bertz CT molecular complexity index is 487. The molecule has 0 radical (unpaired) electrons.